The summed E-state index contributed by atoms with van der Waals surface area (Å²) >= 11 is 0. The van der Waals surface area contributed by atoms with Gasteiger partial charge in [0.1, 0.15) is 0 Å². The van der Waals surface area contributed by atoms with Gasteiger partial charge in [-0.2, -0.15) is 0 Å². The number of carbonyl (C=O) groups is 1. The molecule has 2 amide bonds. The van der Waals surface area contributed by atoms with Crippen LogP contribution in [-0.2, 0) is 0 Å². The molecule has 2 aromatic rings. The average Bonchev–Trinajstić information content (AvgIpc) is 2.27. The van der Waals surface area contributed by atoms with E-state index in [1.807, 2.05) is 36.4 Å². The van der Waals surface area contributed by atoms with Gasteiger partial charge < -0.3 is 5.73 Å². The van der Waals surface area contributed by atoms with Gasteiger partial charge in [0.2, 0.25) is 0 Å². The lowest BCUT2D eigenvalue weighted by Gasteiger charge is -2.15. The molecule has 0 aliphatic rings. The highest BCUT2D eigenvalue weighted by Gasteiger charge is 2.09. The molecule has 76 valence electrons. The Morgan fingerprint density at radius 2 is 1.73 bits per heavy atom. The van der Waals surface area contributed by atoms with Gasteiger partial charge in [-0.1, -0.05) is 36.4 Å². The number of fused-ring (bicyclic) bond motifs is 1. The standard InChI is InChI=1S/C11H11N3O/c12-11(15)14(13)10-7-3-5-8-4-1-2-6-9(8)10/h1-7H,13H2,(H2,12,15). The van der Waals surface area contributed by atoms with Crippen LogP contribution < -0.4 is 16.6 Å². The number of rotatable bonds is 1. The van der Waals surface area contributed by atoms with Crippen LogP contribution in [-0.4, -0.2) is 6.03 Å². The fourth-order valence-electron chi connectivity index (χ4n) is 1.54. The number of nitrogens with zero attached hydrogens (tertiary/aromatic N) is 1. The molecule has 0 aromatic heterocycles. The number of hydrogen-bond acceptors (Lipinski definition) is 2. The maximum absolute atomic E-state index is 11.0. The number of benzene rings is 2. The minimum Gasteiger partial charge on any atom is -0.350 e. The number of amides is 2. The van der Waals surface area contributed by atoms with Gasteiger partial charge >= 0.3 is 6.03 Å². The van der Waals surface area contributed by atoms with Crippen LogP contribution >= 0.6 is 0 Å². The molecule has 0 atom stereocenters. The quantitative estimate of drug-likeness (QED) is 0.418. The van der Waals surface area contributed by atoms with E-state index in [0.717, 1.165) is 15.8 Å². The largest absolute Gasteiger partial charge is 0.350 e. The zero-order valence-electron chi connectivity index (χ0n) is 8.05. The summed E-state index contributed by atoms with van der Waals surface area (Å²) in [5, 5.41) is 2.87. The summed E-state index contributed by atoms with van der Waals surface area (Å²) < 4.78 is 0. The van der Waals surface area contributed by atoms with Gasteiger partial charge in [0.05, 0.1) is 5.69 Å². The summed E-state index contributed by atoms with van der Waals surface area (Å²) in [4.78, 5) is 11.0. The molecule has 0 aliphatic heterocycles. The van der Waals surface area contributed by atoms with Gasteiger partial charge in [-0.15, -0.1) is 0 Å². The Hall–Kier alpha value is -2.07. The summed E-state index contributed by atoms with van der Waals surface area (Å²) in [7, 11) is 0. The molecule has 2 aromatic carbocycles. The summed E-state index contributed by atoms with van der Waals surface area (Å²) in [6, 6.07) is 12.5. The Labute approximate surface area is 87.0 Å². The molecule has 0 bridgehead atoms. The van der Waals surface area contributed by atoms with Crippen LogP contribution in [0.15, 0.2) is 42.5 Å². The van der Waals surface area contributed by atoms with E-state index < -0.39 is 6.03 Å². The van der Waals surface area contributed by atoms with Crippen LogP contribution in [0, 0.1) is 0 Å². The smallest absolute Gasteiger partial charge is 0.333 e. The van der Waals surface area contributed by atoms with Crippen LogP contribution in [0.25, 0.3) is 10.8 Å². The lowest BCUT2D eigenvalue weighted by atomic mass is 10.1. The fourth-order valence-corrected chi connectivity index (χ4v) is 1.54. The second kappa shape index (κ2) is 3.59. The Kier molecular flexibility index (Phi) is 2.27. The predicted molar refractivity (Wildman–Crippen MR) is 60.2 cm³/mol. The number of urea groups is 1. The maximum atomic E-state index is 11.0. The molecular formula is C11H11N3O. The van der Waals surface area contributed by atoms with E-state index in [2.05, 4.69) is 0 Å². The van der Waals surface area contributed by atoms with Gasteiger partial charge in [-0.25, -0.2) is 15.6 Å². The molecule has 4 heteroatoms. The Balaban J connectivity index is 2.65. The Morgan fingerprint density at radius 1 is 1.07 bits per heavy atom. The number of primary amides is 1. The summed E-state index contributed by atoms with van der Waals surface area (Å²) in [5.41, 5.74) is 5.73. The fraction of sp³-hybridized carbons (Fsp3) is 0. The Bertz CT molecular complexity index is 505. The minimum absolute atomic E-state index is 0.612. The summed E-state index contributed by atoms with van der Waals surface area (Å²) in [6.07, 6.45) is 0. The molecule has 0 spiro atoms. The van der Waals surface area contributed by atoms with Gasteiger partial charge in [0.25, 0.3) is 0 Å². The summed E-state index contributed by atoms with van der Waals surface area (Å²) in [6.45, 7) is 0. The first-order valence-corrected chi connectivity index (χ1v) is 4.52. The van der Waals surface area contributed by atoms with Crippen molar-refractivity contribution in [3.63, 3.8) is 0 Å². The zero-order valence-corrected chi connectivity index (χ0v) is 8.05. The van der Waals surface area contributed by atoms with Crippen molar-refractivity contribution in [3.05, 3.63) is 42.5 Å². The van der Waals surface area contributed by atoms with Crippen molar-refractivity contribution >= 4 is 22.5 Å². The molecule has 0 saturated carbocycles. The number of hydrazine groups is 1. The third-order valence-electron chi connectivity index (χ3n) is 2.26. The Morgan fingerprint density at radius 3 is 2.47 bits per heavy atom. The van der Waals surface area contributed by atoms with Crippen molar-refractivity contribution in [3.8, 4) is 0 Å². The number of anilines is 1. The maximum Gasteiger partial charge on any atom is 0.333 e. The molecule has 0 radical (unpaired) electrons. The first-order chi connectivity index (χ1) is 7.20. The topological polar surface area (TPSA) is 72.4 Å². The molecule has 0 heterocycles. The number of nitrogens with two attached hydrogens (primary N) is 2. The third kappa shape index (κ3) is 1.62. The van der Waals surface area contributed by atoms with Crippen molar-refractivity contribution in [2.45, 2.75) is 0 Å². The van der Waals surface area contributed by atoms with E-state index >= 15 is 0 Å². The second-order valence-corrected chi connectivity index (χ2v) is 3.21. The van der Waals surface area contributed by atoms with Crippen LogP contribution in [0.1, 0.15) is 0 Å². The number of hydrogen-bond donors (Lipinski definition) is 2. The first kappa shape index (κ1) is 9.48. The average molecular weight is 201 g/mol. The molecule has 2 rings (SSSR count). The van der Waals surface area contributed by atoms with E-state index in [9.17, 15) is 4.79 Å². The molecule has 15 heavy (non-hydrogen) atoms. The van der Waals surface area contributed by atoms with Crippen LogP contribution in [0.3, 0.4) is 0 Å². The lowest BCUT2D eigenvalue weighted by molar-refractivity contribution is 0.254. The first-order valence-electron chi connectivity index (χ1n) is 4.52. The zero-order chi connectivity index (χ0) is 10.8. The lowest BCUT2D eigenvalue weighted by Crippen LogP contribution is -2.41. The van der Waals surface area contributed by atoms with Gasteiger partial charge in [0.15, 0.2) is 0 Å². The molecule has 0 unspecified atom stereocenters. The predicted octanol–water partition coefficient (Wildman–Crippen LogP) is 1.60. The monoisotopic (exact) mass is 201 g/mol. The van der Waals surface area contributed by atoms with Gasteiger partial charge in [0, 0.05) is 5.39 Å². The highest BCUT2D eigenvalue weighted by molar-refractivity contribution is 6.01. The van der Waals surface area contributed by atoms with E-state index in [1.165, 1.54) is 0 Å². The third-order valence-corrected chi connectivity index (χ3v) is 2.26. The molecule has 0 aliphatic carbocycles. The van der Waals surface area contributed by atoms with E-state index in [-0.39, 0.29) is 0 Å². The van der Waals surface area contributed by atoms with Crippen LogP contribution in [0.2, 0.25) is 0 Å². The summed E-state index contributed by atoms with van der Waals surface area (Å²) in [5.74, 6) is 5.56. The molecule has 4 N–H and O–H groups in total. The molecule has 0 saturated heterocycles. The highest BCUT2D eigenvalue weighted by atomic mass is 16.2. The van der Waals surface area contributed by atoms with Crippen molar-refractivity contribution in [1.29, 1.82) is 0 Å². The highest BCUT2D eigenvalue weighted by Crippen LogP contribution is 2.24. The van der Waals surface area contributed by atoms with E-state index in [4.69, 9.17) is 11.6 Å². The normalized spacial score (nSPS) is 10.2. The van der Waals surface area contributed by atoms with Gasteiger partial charge in [-0.3, -0.25) is 0 Å². The second-order valence-electron chi connectivity index (χ2n) is 3.21. The minimum atomic E-state index is -0.675. The molecular weight excluding hydrogens is 190 g/mol. The van der Waals surface area contributed by atoms with Crippen LogP contribution in [0.4, 0.5) is 10.5 Å². The van der Waals surface area contributed by atoms with E-state index in [1.54, 1.807) is 6.07 Å². The number of carbonyl (C=O) groups excluding carboxylic acids is 1. The van der Waals surface area contributed by atoms with Gasteiger partial charge in [-0.05, 0) is 11.5 Å². The SMILES string of the molecule is NC(=O)N(N)c1cccc2ccccc12. The van der Waals surface area contributed by atoms with Crippen molar-refractivity contribution in [2.75, 3.05) is 5.01 Å². The van der Waals surface area contributed by atoms with E-state index in [0.29, 0.717) is 5.69 Å². The molecule has 4 nitrogen and oxygen atoms in total. The van der Waals surface area contributed by atoms with Crippen molar-refractivity contribution < 1.29 is 4.79 Å². The van der Waals surface area contributed by atoms with Crippen molar-refractivity contribution in [2.24, 2.45) is 11.6 Å². The molecule has 0 fully saturated rings. The van der Waals surface area contributed by atoms with Crippen molar-refractivity contribution in [1.82, 2.24) is 0 Å². The van der Waals surface area contributed by atoms with Crippen LogP contribution in [0.5, 0.6) is 0 Å².